The highest BCUT2D eigenvalue weighted by Crippen LogP contribution is 2.30. The van der Waals surface area contributed by atoms with Gasteiger partial charge in [0, 0.05) is 6.20 Å². The maximum Gasteiger partial charge on any atom is 0.417 e. The van der Waals surface area contributed by atoms with Gasteiger partial charge in [-0.2, -0.15) is 13.2 Å². The van der Waals surface area contributed by atoms with Crippen molar-refractivity contribution in [3.63, 3.8) is 0 Å². The smallest absolute Gasteiger partial charge is 0.244 e. The summed E-state index contributed by atoms with van der Waals surface area (Å²) in [5, 5.41) is 0.100. The average molecular weight is 196 g/mol. The summed E-state index contributed by atoms with van der Waals surface area (Å²) >= 11 is 5.45. The highest BCUT2D eigenvalue weighted by Gasteiger charge is 2.31. The molecule has 0 saturated carbocycles. The van der Waals surface area contributed by atoms with Gasteiger partial charge in [0.2, 0.25) is 0 Å². The summed E-state index contributed by atoms with van der Waals surface area (Å²) in [4.78, 5) is 3.39. The van der Waals surface area contributed by atoms with Crippen LogP contribution in [-0.2, 0) is 6.18 Å². The molecule has 12 heavy (non-hydrogen) atoms. The van der Waals surface area contributed by atoms with E-state index in [1.807, 2.05) is 0 Å². The van der Waals surface area contributed by atoms with E-state index in [0.29, 0.717) is 5.56 Å². The Labute approximate surface area is 72.2 Å². The lowest BCUT2D eigenvalue weighted by Crippen LogP contribution is -2.05. The lowest BCUT2D eigenvalue weighted by Gasteiger charge is -2.06. The minimum absolute atomic E-state index is 0.100. The molecule has 0 unspecified atom stereocenters. The number of nitrogens with zero attached hydrogens (tertiary/aromatic N) is 1. The Morgan fingerprint density at radius 2 is 2.00 bits per heavy atom. The Kier molecular flexibility index (Phi) is 2.28. The van der Waals surface area contributed by atoms with Crippen molar-refractivity contribution in [3.05, 3.63) is 28.5 Å². The standard InChI is InChI=1S/C7H5ClF3N/c1-4-2-5(7(9,10)11)3-12-6(4)8/h2-3H,1H3. The van der Waals surface area contributed by atoms with Crippen molar-refractivity contribution in [3.8, 4) is 0 Å². The second kappa shape index (κ2) is 2.94. The number of aromatic nitrogens is 1. The molecular formula is C7H5ClF3N. The maximum absolute atomic E-state index is 12.0. The van der Waals surface area contributed by atoms with Gasteiger partial charge < -0.3 is 0 Å². The highest BCUT2D eigenvalue weighted by molar-refractivity contribution is 6.30. The molecule has 0 aromatic carbocycles. The van der Waals surface area contributed by atoms with Crippen molar-refractivity contribution in [1.82, 2.24) is 4.98 Å². The Balaban J connectivity index is 3.14. The number of aryl methyl sites for hydroxylation is 1. The van der Waals surface area contributed by atoms with Crippen LogP contribution in [0.2, 0.25) is 5.15 Å². The second-order valence-corrected chi connectivity index (χ2v) is 2.69. The molecule has 1 heterocycles. The van der Waals surface area contributed by atoms with Gasteiger partial charge in [-0.1, -0.05) is 11.6 Å². The number of hydrogen-bond acceptors (Lipinski definition) is 1. The van der Waals surface area contributed by atoms with Crippen LogP contribution < -0.4 is 0 Å². The highest BCUT2D eigenvalue weighted by atomic mass is 35.5. The van der Waals surface area contributed by atoms with Gasteiger partial charge in [-0.05, 0) is 18.6 Å². The molecule has 0 aliphatic carbocycles. The topological polar surface area (TPSA) is 12.9 Å². The number of pyridine rings is 1. The third kappa shape index (κ3) is 1.88. The second-order valence-electron chi connectivity index (χ2n) is 2.33. The summed E-state index contributed by atoms with van der Waals surface area (Å²) in [5.74, 6) is 0. The van der Waals surface area contributed by atoms with Gasteiger partial charge in [0.05, 0.1) is 5.56 Å². The van der Waals surface area contributed by atoms with Crippen molar-refractivity contribution in [2.24, 2.45) is 0 Å². The van der Waals surface area contributed by atoms with E-state index in [0.717, 1.165) is 12.3 Å². The molecule has 0 saturated heterocycles. The van der Waals surface area contributed by atoms with Crippen molar-refractivity contribution in [2.75, 3.05) is 0 Å². The summed E-state index contributed by atoms with van der Waals surface area (Å²) in [6, 6.07) is 0.968. The molecule has 0 atom stereocenters. The first-order valence-corrected chi connectivity index (χ1v) is 3.48. The summed E-state index contributed by atoms with van der Waals surface area (Å²) in [6.07, 6.45) is -3.63. The van der Waals surface area contributed by atoms with E-state index in [1.165, 1.54) is 6.92 Å². The molecule has 1 aromatic rings. The summed E-state index contributed by atoms with van der Waals surface area (Å²) in [6.45, 7) is 1.48. The van der Waals surface area contributed by atoms with Crippen molar-refractivity contribution < 1.29 is 13.2 Å². The van der Waals surface area contributed by atoms with E-state index < -0.39 is 11.7 Å². The molecule has 0 N–H and O–H groups in total. The van der Waals surface area contributed by atoms with Crippen LogP contribution in [0.1, 0.15) is 11.1 Å². The zero-order valence-corrected chi connectivity index (χ0v) is 6.87. The molecule has 66 valence electrons. The van der Waals surface area contributed by atoms with Crippen LogP contribution in [0.5, 0.6) is 0 Å². The van der Waals surface area contributed by atoms with Gasteiger partial charge in [-0.3, -0.25) is 0 Å². The van der Waals surface area contributed by atoms with Crippen LogP contribution in [0, 0.1) is 6.92 Å². The fraction of sp³-hybridized carbons (Fsp3) is 0.286. The maximum atomic E-state index is 12.0. The number of hydrogen-bond donors (Lipinski definition) is 0. The minimum Gasteiger partial charge on any atom is -0.244 e. The van der Waals surface area contributed by atoms with Gasteiger partial charge in [0.1, 0.15) is 5.15 Å². The van der Waals surface area contributed by atoms with Gasteiger partial charge >= 0.3 is 6.18 Å². The van der Waals surface area contributed by atoms with Gasteiger partial charge in [0.15, 0.2) is 0 Å². The first-order chi connectivity index (χ1) is 5.41. The molecule has 0 amide bonds. The molecule has 1 nitrogen and oxygen atoms in total. The molecule has 1 rings (SSSR count). The Hall–Kier alpha value is -0.770. The Bertz CT molecular complexity index is 295. The first kappa shape index (κ1) is 9.32. The van der Waals surface area contributed by atoms with Crippen LogP contribution >= 0.6 is 11.6 Å². The van der Waals surface area contributed by atoms with E-state index in [1.54, 1.807) is 0 Å². The zero-order valence-electron chi connectivity index (χ0n) is 6.11. The zero-order chi connectivity index (χ0) is 9.35. The average Bonchev–Trinajstić information content (AvgIpc) is 1.92. The normalized spacial score (nSPS) is 11.8. The number of alkyl halides is 3. The third-order valence-electron chi connectivity index (χ3n) is 1.34. The summed E-state index contributed by atoms with van der Waals surface area (Å²) in [7, 11) is 0. The predicted molar refractivity (Wildman–Crippen MR) is 39.0 cm³/mol. The Morgan fingerprint density at radius 3 is 2.42 bits per heavy atom. The number of rotatable bonds is 0. The molecule has 0 bridgehead atoms. The quantitative estimate of drug-likeness (QED) is 0.580. The molecule has 0 spiro atoms. The van der Waals surface area contributed by atoms with Crippen molar-refractivity contribution in [2.45, 2.75) is 13.1 Å². The SMILES string of the molecule is Cc1cc(C(F)(F)F)cnc1Cl. The van der Waals surface area contributed by atoms with Crippen LogP contribution in [0.4, 0.5) is 13.2 Å². The summed E-state index contributed by atoms with van der Waals surface area (Å²) in [5.41, 5.74) is -0.448. The predicted octanol–water partition coefficient (Wildman–Crippen LogP) is 3.06. The third-order valence-corrected chi connectivity index (χ3v) is 1.74. The van der Waals surface area contributed by atoms with E-state index >= 15 is 0 Å². The summed E-state index contributed by atoms with van der Waals surface area (Å²) < 4.78 is 36.0. The fourth-order valence-corrected chi connectivity index (χ4v) is 0.816. The van der Waals surface area contributed by atoms with Gasteiger partial charge in [-0.15, -0.1) is 0 Å². The lowest BCUT2D eigenvalue weighted by molar-refractivity contribution is -0.137. The molecule has 0 aliphatic heterocycles. The molecule has 0 fully saturated rings. The monoisotopic (exact) mass is 195 g/mol. The van der Waals surface area contributed by atoms with E-state index in [9.17, 15) is 13.2 Å². The lowest BCUT2D eigenvalue weighted by atomic mass is 10.2. The van der Waals surface area contributed by atoms with Crippen molar-refractivity contribution >= 4 is 11.6 Å². The van der Waals surface area contributed by atoms with Crippen LogP contribution in [0.15, 0.2) is 12.3 Å². The first-order valence-electron chi connectivity index (χ1n) is 3.10. The van der Waals surface area contributed by atoms with Crippen molar-refractivity contribution in [1.29, 1.82) is 0 Å². The molecule has 0 radical (unpaired) electrons. The minimum atomic E-state index is -4.34. The van der Waals surface area contributed by atoms with E-state index in [4.69, 9.17) is 11.6 Å². The number of halogens is 4. The Morgan fingerprint density at radius 1 is 1.42 bits per heavy atom. The van der Waals surface area contributed by atoms with Gasteiger partial charge in [-0.25, -0.2) is 4.98 Å². The fourth-order valence-electron chi connectivity index (χ4n) is 0.713. The molecular weight excluding hydrogens is 191 g/mol. The van der Waals surface area contributed by atoms with E-state index in [-0.39, 0.29) is 5.15 Å². The molecule has 0 aliphatic rings. The molecule has 5 heteroatoms. The largest absolute Gasteiger partial charge is 0.417 e. The van der Waals surface area contributed by atoms with Crippen LogP contribution in [-0.4, -0.2) is 4.98 Å². The van der Waals surface area contributed by atoms with Crippen LogP contribution in [0.25, 0.3) is 0 Å². The molecule has 1 aromatic heterocycles. The van der Waals surface area contributed by atoms with E-state index in [2.05, 4.69) is 4.98 Å². The van der Waals surface area contributed by atoms with Crippen LogP contribution in [0.3, 0.4) is 0 Å². The van der Waals surface area contributed by atoms with Gasteiger partial charge in [0.25, 0.3) is 0 Å².